The SMILES string of the molecule is Cl.NCCNC(=O)C1CCCN(CCOc2ccccc2F)C1. The number of nitrogens with one attached hydrogen (secondary N) is 1. The van der Waals surface area contributed by atoms with E-state index in [0.29, 0.717) is 26.2 Å². The number of halogens is 2. The van der Waals surface area contributed by atoms with Crippen LogP contribution < -0.4 is 15.8 Å². The summed E-state index contributed by atoms with van der Waals surface area (Å²) < 4.78 is 18.9. The summed E-state index contributed by atoms with van der Waals surface area (Å²) in [7, 11) is 0. The number of ether oxygens (including phenoxy) is 1. The van der Waals surface area contributed by atoms with Gasteiger partial charge in [0.25, 0.3) is 0 Å². The summed E-state index contributed by atoms with van der Waals surface area (Å²) >= 11 is 0. The molecule has 5 nitrogen and oxygen atoms in total. The fourth-order valence-electron chi connectivity index (χ4n) is 2.66. The second-order valence-electron chi connectivity index (χ2n) is 5.50. The van der Waals surface area contributed by atoms with E-state index < -0.39 is 0 Å². The van der Waals surface area contributed by atoms with Crippen LogP contribution in [0, 0.1) is 11.7 Å². The number of rotatable bonds is 7. The molecule has 1 heterocycles. The van der Waals surface area contributed by atoms with Crippen LogP contribution in [0.5, 0.6) is 5.75 Å². The Hall–Kier alpha value is -1.37. The lowest BCUT2D eigenvalue weighted by atomic mass is 9.97. The molecule has 2 rings (SSSR count). The predicted molar refractivity (Wildman–Crippen MR) is 90.4 cm³/mol. The molecule has 0 saturated carbocycles. The number of para-hydroxylation sites is 1. The molecule has 1 aliphatic heterocycles. The second-order valence-corrected chi connectivity index (χ2v) is 5.50. The molecule has 1 aromatic rings. The Morgan fingerprint density at radius 2 is 2.22 bits per heavy atom. The minimum atomic E-state index is -0.347. The summed E-state index contributed by atoms with van der Waals surface area (Å²) in [5.74, 6) is 0.0101. The zero-order valence-corrected chi connectivity index (χ0v) is 14.0. The van der Waals surface area contributed by atoms with Crippen molar-refractivity contribution >= 4 is 18.3 Å². The van der Waals surface area contributed by atoms with E-state index in [1.165, 1.54) is 6.07 Å². The van der Waals surface area contributed by atoms with Crippen LogP contribution in [-0.4, -0.2) is 50.1 Å². The van der Waals surface area contributed by atoms with Gasteiger partial charge in [0.05, 0.1) is 5.92 Å². The Labute approximate surface area is 142 Å². The van der Waals surface area contributed by atoms with Gasteiger partial charge in [-0.3, -0.25) is 9.69 Å². The number of hydrogen-bond donors (Lipinski definition) is 2. The lowest BCUT2D eigenvalue weighted by molar-refractivity contribution is -0.126. The van der Waals surface area contributed by atoms with E-state index in [1.54, 1.807) is 18.2 Å². The van der Waals surface area contributed by atoms with E-state index >= 15 is 0 Å². The summed E-state index contributed by atoms with van der Waals surface area (Å²) in [5.41, 5.74) is 5.39. The van der Waals surface area contributed by atoms with E-state index in [4.69, 9.17) is 10.5 Å². The summed E-state index contributed by atoms with van der Waals surface area (Å²) in [4.78, 5) is 14.2. The lowest BCUT2D eigenvalue weighted by Crippen LogP contribution is -2.45. The van der Waals surface area contributed by atoms with Crippen molar-refractivity contribution in [2.45, 2.75) is 12.8 Å². The third-order valence-electron chi connectivity index (χ3n) is 3.82. The highest BCUT2D eigenvalue weighted by Gasteiger charge is 2.25. The van der Waals surface area contributed by atoms with Gasteiger partial charge >= 0.3 is 0 Å². The number of nitrogens with two attached hydrogens (primary N) is 1. The van der Waals surface area contributed by atoms with Crippen LogP contribution in [0.15, 0.2) is 24.3 Å². The number of likely N-dealkylation sites (tertiary alicyclic amines) is 1. The molecule has 3 N–H and O–H groups in total. The number of hydrogen-bond acceptors (Lipinski definition) is 4. The summed E-state index contributed by atoms with van der Waals surface area (Å²) in [5, 5.41) is 2.84. The quantitative estimate of drug-likeness (QED) is 0.784. The predicted octanol–water partition coefficient (Wildman–Crippen LogP) is 1.41. The number of benzene rings is 1. The van der Waals surface area contributed by atoms with Crippen LogP contribution in [0.4, 0.5) is 4.39 Å². The zero-order chi connectivity index (χ0) is 15.8. The van der Waals surface area contributed by atoms with Crippen molar-refractivity contribution in [1.29, 1.82) is 0 Å². The third kappa shape index (κ3) is 6.33. The molecule has 1 aromatic carbocycles. The number of piperidine rings is 1. The van der Waals surface area contributed by atoms with Gasteiger partial charge in [-0.1, -0.05) is 12.1 Å². The van der Waals surface area contributed by atoms with Crippen LogP contribution >= 0.6 is 12.4 Å². The van der Waals surface area contributed by atoms with Gasteiger partial charge in [-0.25, -0.2) is 4.39 Å². The van der Waals surface area contributed by atoms with Crippen molar-refractivity contribution in [3.63, 3.8) is 0 Å². The van der Waals surface area contributed by atoms with E-state index in [-0.39, 0.29) is 35.8 Å². The van der Waals surface area contributed by atoms with Gasteiger partial charge < -0.3 is 15.8 Å². The molecule has 1 saturated heterocycles. The minimum Gasteiger partial charge on any atom is -0.489 e. The smallest absolute Gasteiger partial charge is 0.224 e. The van der Waals surface area contributed by atoms with E-state index in [0.717, 1.165) is 25.9 Å². The molecule has 0 spiro atoms. The highest BCUT2D eigenvalue weighted by atomic mass is 35.5. The highest BCUT2D eigenvalue weighted by molar-refractivity contribution is 5.85. The average Bonchev–Trinajstić information content (AvgIpc) is 2.54. The number of carbonyl (C=O) groups is 1. The Morgan fingerprint density at radius 3 is 2.96 bits per heavy atom. The van der Waals surface area contributed by atoms with Crippen LogP contribution in [0.2, 0.25) is 0 Å². The van der Waals surface area contributed by atoms with Gasteiger partial charge in [-0.2, -0.15) is 0 Å². The fourth-order valence-corrected chi connectivity index (χ4v) is 2.66. The van der Waals surface area contributed by atoms with Gasteiger partial charge in [-0.15, -0.1) is 12.4 Å². The first-order valence-electron chi connectivity index (χ1n) is 7.78. The van der Waals surface area contributed by atoms with Gasteiger partial charge in [0.2, 0.25) is 5.91 Å². The maximum atomic E-state index is 13.4. The van der Waals surface area contributed by atoms with Crippen molar-refractivity contribution in [2.75, 3.05) is 39.3 Å². The van der Waals surface area contributed by atoms with Gasteiger partial charge in [0, 0.05) is 26.2 Å². The highest BCUT2D eigenvalue weighted by Crippen LogP contribution is 2.18. The molecular formula is C16H25ClFN3O2. The van der Waals surface area contributed by atoms with Crippen LogP contribution in [0.25, 0.3) is 0 Å². The van der Waals surface area contributed by atoms with Crippen molar-refractivity contribution in [3.05, 3.63) is 30.1 Å². The Bertz CT molecular complexity index is 490. The number of nitrogens with zero attached hydrogens (tertiary/aromatic N) is 1. The Balaban J connectivity index is 0.00000264. The monoisotopic (exact) mass is 345 g/mol. The van der Waals surface area contributed by atoms with E-state index in [2.05, 4.69) is 10.2 Å². The van der Waals surface area contributed by atoms with Crippen molar-refractivity contribution in [3.8, 4) is 5.75 Å². The molecule has 1 fully saturated rings. The first-order chi connectivity index (χ1) is 10.7. The number of carbonyl (C=O) groups excluding carboxylic acids is 1. The molecule has 7 heteroatoms. The average molecular weight is 346 g/mol. The largest absolute Gasteiger partial charge is 0.489 e. The molecule has 0 aromatic heterocycles. The molecule has 130 valence electrons. The molecular weight excluding hydrogens is 321 g/mol. The van der Waals surface area contributed by atoms with E-state index in [1.807, 2.05) is 0 Å². The molecule has 0 aliphatic carbocycles. The Kier molecular flexibility index (Phi) is 8.91. The maximum Gasteiger partial charge on any atom is 0.224 e. The molecule has 0 bridgehead atoms. The summed E-state index contributed by atoms with van der Waals surface area (Å²) in [6.07, 6.45) is 1.89. The van der Waals surface area contributed by atoms with E-state index in [9.17, 15) is 9.18 Å². The van der Waals surface area contributed by atoms with Crippen LogP contribution in [-0.2, 0) is 4.79 Å². The molecule has 23 heavy (non-hydrogen) atoms. The molecule has 1 aliphatic rings. The topological polar surface area (TPSA) is 67.6 Å². The molecule has 1 amide bonds. The lowest BCUT2D eigenvalue weighted by Gasteiger charge is -2.31. The second kappa shape index (κ2) is 10.4. The standard InChI is InChI=1S/C16H24FN3O2.ClH/c17-14-5-1-2-6-15(14)22-11-10-20-9-3-4-13(12-20)16(21)19-8-7-18;/h1-2,5-6,13H,3-4,7-12,18H2,(H,19,21);1H. The minimum absolute atomic E-state index is 0. The first kappa shape index (κ1) is 19.7. The number of amides is 1. The normalized spacial score (nSPS) is 18.1. The van der Waals surface area contributed by atoms with Crippen LogP contribution in [0.1, 0.15) is 12.8 Å². The molecule has 0 radical (unpaired) electrons. The van der Waals surface area contributed by atoms with Gasteiger partial charge in [0.15, 0.2) is 11.6 Å². The van der Waals surface area contributed by atoms with Crippen LogP contribution in [0.3, 0.4) is 0 Å². The van der Waals surface area contributed by atoms with Gasteiger partial charge in [-0.05, 0) is 31.5 Å². The van der Waals surface area contributed by atoms with Crippen molar-refractivity contribution in [1.82, 2.24) is 10.2 Å². The van der Waals surface area contributed by atoms with Gasteiger partial charge in [0.1, 0.15) is 6.61 Å². The molecule has 1 atom stereocenters. The third-order valence-corrected chi connectivity index (χ3v) is 3.82. The van der Waals surface area contributed by atoms with Crippen molar-refractivity contribution in [2.24, 2.45) is 11.7 Å². The molecule has 1 unspecified atom stereocenters. The fraction of sp³-hybridized carbons (Fsp3) is 0.562. The Morgan fingerprint density at radius 1 is 1.43 bits per heavy atom. The summed E-state index contributed by atoms with van der Waals surface area (Å²) in [6.45, 7) is 3.75. The maximum absolute atomic E-state index is 13.4. The van der Waals surface area contributed by atoms with Crippen molar-refractivity contribution < 1.29 is 13.9 Å². The zero-order valence-electron chi connectivity index (χ0n) is 13.2. The first-order valence-corrected chi connectivity index (χ1v) is 7.78. The summed E-state index contributed by atoms with van der Waals surface area (Å²) in [6, 6.07) is 6.39.